The lowest BCUT2D eigenvalue weighted by atomic mass is 10.1. The maximum atomic E-state index is 10.8. The molecule has 2 rings (SSSR count). The van der Waals surface area contributed by atoms with Gasteiger partial charge in [-0.1, -0.05) is 0 Å². The van der Waals surface area contributed by atoms with E-state index in [0.717, 1.165) is 32.5 Å². The van der Waals surface area contributed by atoms with E-state index in [2.05, 4.69) is 5.32 Å². The van der Waals surface area contributed by atoms with Crippen LogP contribution >= 0.6 is 11.8 Å². The van der Waals surface area contributed by atoms with Crippen LogP contribution in [0.3, 0.4) is 0 Å². The molecular weight excluding hydrogens is 202 g/mol. The molecule has 2 aliphatic heterocycles. The number of nitrogens with one attached hydrogen (secondary N) is 1. The zero-order chi connectivity index (χ0) is 10.0. The van der Waals surface area contributed by atoms with E-state index in [0.29, 0.717) is 5.75 Å². The number of aliphatic carboxylic acids is 1. The molecule has 2 fully saturated rings. The highest BCUT2D eigenvalue weighted by Crippen LogP contribution is 2.38. The van der Waals surface area contributed by atoms with Crippen molar-refractivity contribution in [2.75, 3.05) is 19.0 Å². The Morgan fingerprint density at radius 3 is 3.07 bits per heavy atom. The van der Waals surface area contributed by atoms with Gasteiger partial charge in [-0.3, -0.25) is 10.1 Å². The zero-order valence-electron chi connectivity index (χ0n) is 7.99. The summed E-state index contributed by atoms with van der Waals surface area (Å²) < 4.78 is 5.38. The summed E-state index contributed by atoms with van der Waals surface area (Å²) in [5.41, 5.74) is 0. The smallest absolute Gasteiger partial charge is 0.321 e. The molecular formula is C9H15NO3S. The number of hydrogen-bond donors (Lipinski definition) is 2. The van der Waals surface area contributed by atoms with Crippen molar-refractivity contribution in [1.82, 2.24) is 5.32 Å². The second-order valence-electron chi connectivity index (χ2n) is 3.81. The molecule has 0 bridgehead atoms. The van der Waals surface area contributed by atoms with E-state index in [1.165, 1.54) is 0 Å². The van der Waals surface area contributed by atoms with Crippen LogP contribution in [0.25, 0.3) is 0 Å². The second-order valence-corrected chi connectivity index (χ2v) is 5.21. The number of carboxylic acids is 1. The molecule has 5 heteroatoms. The standard InChI is InChI=1S/C9H15NO3S/c11-8(12)7-6-14-9(10-7)2-1-4-13-5-3-9/h7,10H,1-6H2,(H,11,12)/t7-,9?/m1/s1. The first-order chi connectivity index (χ1) is 6.72. The zero-order valence-corrected chi connectivity index (χ0v) is 8.81. The summed E-state index contributed by atoms with van der Waals surface area (Å²) in [5.74, 6) is -0.0606. The molecule has 0 amide bonds. The molecule has 14 heavy (non-hydrogen) atoms. The number of hydrogen-bond acceptors (Lipinski definition) is 4. The minimum Gasteiger partial charge on any atom is -0.480 e. The largest absolute Gasteiger partial charge is 0.480 e. The maximum Gasteiger partial charge on any atom is 0.321 e. The lowest BCUT2D eigenvalue weighted by Gasteiger charge is -2.26. The fraction of sp³-hybridized carbons (Fsp3) is 0.889. The SMILES string of the molecule is O=C(O)[C@H]1CSC2(CCCOCC2)N1. The lowest BCUT2D eigenvalue weighted by molar-refractivity contribution is -0.138. The molecule has 0 aliphatic carbocycles. The van der Waals surface area contributed by atoms with Crippen LogP contribution in [0.15, 0.2) is 0 Å². The van der Waals surface area contributed by atoms with Crippen LogP contribution in [-0.2, 0) is 9.53 Å². The monoisotopic (exact) mass is 217 g/mol. The van der Waals surface area contributed by atoms with Crippen molar-refractivity contribution in [2.24, 2.45) is 0 Å². The van der Waals surface area contributed by atoms with Gasteiger partial charge in [0.05, 0.1) is 4.87 Å². The number of thioether (sulfide) groups is 1. The van der Waals surface area contributed by atoms with E-state index in [1.807, 2.05) is 0 Å². The predicted octanol–water partition coefficient (Wildman–Crippen LogP) is 0.673. The molecule has 0 aromatic heterocycles. The molecule has 0 saturated carbocycles. The highest BCUT2D eigenvalue weighted by atomic mass is 32.2. The Morgan fingerprint density at radius 1 is 1.50 bits per heavy atom. The minimum atomic E-state index is -0.737. The first-order valence-corrected chi connectivity index (χ1v) is 5.93. The van der Waals surface area contributed by atoms with E-state index < -0.39 is 5.97 Å². The van der Waals surface area contributed by atoms with E-state index in [9.17, 15) is 4.79 Å². The topological polar surface area (TPSA) is 58.6 Å². The predicted molar refractivity (Wildman–Crippen MR) is 54.4 cm³/mol. The van der Waals surface area contributed by atoms with Gasteiger partial charge in [0.1, 0.15) is 6.04 Å². The minimum absolute atomic E-state index is 0.0282. The normalized spacial score (nSPS) is 38.4. The molecule has 2 atom stereocenters. The van der Waals surface area contributed by atoms with E-state index >= 15 is 0 Å². The third-order valence-corrected chi connectivity index (χ3v) is 4.36. The summed E-state index contributed by atoms with van der Waals surface area (Å²) in [5, 5.41) is 12.1. The summed E-state index contributed by atoms with van der Waals surface area (Å²) in [6.07, 6.45) is 2.95. The third-order valence-electron chi connectivity index (χ3n) is 2.78. The van der Waals surface area contributed by atoms with Crippen LogP contribution in [0.1, 0.15) is 19.3 Å². The quantitative estimate of drug-likeness (QED) is 0.676. The fourth-order valence-electron chi connectivity index (χ4n) is 1.99. The Hall–Kier alpha value is -0.260. The Morgan fingerprint density at radius 2 is 2.36 bits per heavy atom. The summed E-state index contributed by atoms with van der Waals surface area (Å²) in [7, 11) is 0. The summed E-state index contributed by atoms with van der Waals surface area (Å²) >= 11 is 1.74. The molecule has 1 unspecified atom stereocenters. The van der Waals surface area contributed by atoms with Gasteiger partial charge < -0.3 is 9.84 Å². The Kier molecular flexibility index (Phi) is 2.99. The molecule has 2 heterocycles. The number of ether oxygens (including phenoxy) is 1. The molecule has 4 nitrogen and oxygen atoms in total. The fourth-order valence-corrected chi connectivity index (χ4v) is 3.44. The van der Waals surface area contributed by atoms with Gasteiger partial charge in [0.15, 0.2) is 0 Å². The van der Waals surface area contributed by atoms with Crippen LogP contribution < -0.4 is 5.32 Å². The van der Waals surface area contributed by atoms with Crippen LogP contribution in [-0.4, -0.2) is 41.0 Å². The molecule has 0 radical (unpaired) electrons. The lowest BCUT2D eigenvalue weighted by Crippen LogP contribution is -2.45. The molecule has 80 valence electrons. The van der Waals surface area contributed by atoms with Crippen molar-refractivity contribution >= 4 is 17.7 Å². The summed E-state index contributed by atoms with van der Waals surface area (Å²) in [6.45, 7) is 1.55. The summed E-state index contributed by atoms with van der Waals surface area (Å²) in [4.78, 5) is 10.8. The van der Waals surface area contributed by atoms with Crippen molar-refractivity contribution in [3.63, 3.8) is 0 Å². The highest BCUT2D eigenvalue weighted by Gasteiger charge is 2.41. The van der Waals surface area contributed by atoms with E-state index in [-0.39, 0.29) is 10.9 Å². The first-order valence-electron chi connectivity index (χ1n) is 4.94. The van der Waals surface area contributed by atoms with Gasteiger partial charge in [0, 0.05) is 19.0 Å². The average molecular weight is 217 g/mol. The molecule has 2 N–H and O–H groups in total. The van der Waals surface area contributed by atoms with Crippen molar-refractivity contribution in [3.05, 3.63) is 0 Å². The Bertz CT molecular complexity index is 226. The molecule has 2 saturated heterocycles. The van der Waals surface area contributed by atoms with Crippen molar-refractivity contribution in [1.29, 1.82) is 0 Å². The van der Waals surface area contributed by atoms with Crippen LogP contribution in [0, 0.1) is 0 Å². The number of carboxylic acid groups (broad SMARTS) is 1. The average Bonchev–Trinajstić information content (AvgIpc) is 2.41. The van der Waals surface area contributed by atoms with E-state index in [1.54, 1.807) is 11.8 Å². The van der Waals surface area contributed by atoms with Gasteiger partial charge in [-0.05, 0) is 19.3 Å². The van der Waals surface area contributed by atoms with Crippen molar-refractivity contribution in [3.8, 4) is 0 Å². The molecule has 0 aromatic rings. The maximum absolute atomic E-state index is 10.8. The van der Waals surface area contributed by atoms with Crippen LogP contribution in [0.5, 0.6) is 0 Å². The van der Waals surface area contributed by atoms with Crippen molar-refractivity contribution in [2.45, 2.75) is 30.2 Å². The van der Waals surface area contributed by atoms with Gasteiger partial charge in [-0.25, -0.2) is 0 Å². The highest BCUT2D eigenvalue weighted by molar-refractivity contribution is 8.00. The van der Waals surface area contributed by atoms with Gasteiger partial charge in [-0.2, -0.15) is 0 Å². The van der Waals surface area contributed by atoms with Crippen LogP contribution in [0.2, 0.25) is 0 Å². The number of rotatable bonds is 1. The second kappa shape index (κ2) is 4.08. The summed E-state index contributed by atoms with van der Waals surface area (Å²) in [6, 6.07) is -0.377. The Labute approximate surface area is 87.4 Å². The van der Waals surface area contributed by atoms with Crippen LogP contribution in [0.4, 0.5) is 0 Å². The molecule has 0 aromatic carbocycles. The molecule has 2 aliphatic rings. The van der Waals surface area contributed by atoms with Crippen molar-refractivity contribution < 1.29 is 14.6 Å². The van der Waals surface area contributed by atoms with Gasteiger partial charge in [0.2, 0.25) is 0 Å². The van der Waals surface area contributed by atoms with Gasteiger partial charge in [0.25, 0.3) is 0 Å². The number of carbonyl (C=O) groups is 1. The van der Waals surface area contributed by atoms with Gasteiger partial charge in [-0.15, -0.1) is 11.8 Å². The first kappa shape index (κ1) is 10.3. The van der Waals surface area contributed by atoms with Gasteiger partial charge >= 0.3 is 5.97 Å². The third kappa shape index (κ3) is 2.04. The van der Waals surface area contributed by atoms with E-state index in [4.69, 9.17) is 9.84 Å². The molecule has 1 spiro atoms. The Balaban J connectivity index is 1.99.